The number of hydrogen-bond acceptors (Lipinski definition) is 4. The van der Waals surface area contributed by atoms with Crippen molar-refractivity contribution >= 4 is 25.8 Å². The molecule has 0 saturated carbocycles. The summed E-state index contributed by atoms with van der Waals surface area (Å²) in [5.41, 5.74) is -3.58. The van der Waals surface area contributed by atoms with Gasteiger partial charge in [-0.05, 0) is 51.4 Å². The maximum atomic E-state index is 14.3. The fourth-order valence-electron chi connectivity index (χ4n) is 2.05. The molecular formula is C14H17B2F3O4. The lowest BCUT2D eigenvalue weighted by atomic mass is 9.79. The van der Waals surface area contributed by atoms with Crippen LogP contribution in [0.3, 0.4) is 0 Å². The van der Waals surface area contributed by atoms with Crippen LogP contribution in [0, 0.1) is 11.6 Å². The van der Waals surface area contributed by atoms with Crippen LogP contribution in [0.5, 0.6) is 0 Å². The van der Waals surface area contributed by atoms with Crippen molar-refractivity contribution in [1.29, 1.82) is 0 Å². The van der Waals surface area contributed by atoms with Gasteiger partial charge in [-0.25, -0.2) is 13.2 Å². The molecule has 0 unspecified atom stereocenters. The van der Waals surface area contributed by atoms with Crippen molar-refractivity contribution in [1.82, 2.24) is 0 Å². The number of rotatable bonds is 3. The Morgan fingerprint density at radius 1 is 1.09 bits per heavy atom. The Balaban J connectivity index is 2.33. The second-order valence-electron chi connectivity index (χ2n) is 6.39. The Bertz CT molecular complexity index is 608. The Kier molecular flexibility index (Phi) is 4.69. The van der Waals surface area contributed by atoms with Crippen LogP contribution in [0.2, 0.25) is 0 Å². The Labute approximate surface area is 133 Å². The van der Waals surface area contributed by atoms with E-state index >= 15 is 0 Å². The maximum Gasteiger partial charge on any atom is 0.525 e. The molecule has 0 radical (unpaired) electrons. The summed E-state index contributed by atoms with van der Waals surface area (Å²) < 4.78 is 52.9. The zero-order chi connectivity index (χ0) is 17.6. The summed E-state index contributed by atoms with van der Waals surface area (Å²) in [5, 5.41) is 17.9. The highest BCUT2D eigenvalue weighted by Gasteiger charge is 2.53. The monoisotopic (exact) mass is 328 g/mol. The average Bonchev–Trinajstić information content (AvgIpc) is 2.62. The van der Waals surface area contributed by atoms with Crippen molar-refractivity contribution < 1.29 is 32.5 Å². The number of benzene rings is 1. The zero-order valence-corrected chi connectivity index (χ0v) is 13.2. The molecule has 2 rings (SSSR count). The topological polar surface area (TPSA) is 58.9 Å². The molecule has 0 bridgehead atoms. The van der Waals surface area contributed by atoms with Gasteiger partial charge in [0.05, 0.1) is 11.2 Å². The van der Waals surface area contributed by atoms with E-state index in [1.54, 1.807) is 27.7 Å². The molecule has 1 aliphatic rings. The molecule has 1 aromatic rings. The van der Waals surface area contributed by atoms with Crippen LogP contribution < -0.4 is 5.46 Å². The molecule has 1 heterocycles. The lowest BCUT2D eigenvalue weighted by Gasteiger charge is -2.32. The van der Waals surface area contributed by atoms with E-state index in [0.717, 1.165) is 12.1 Å². The summed E-state index contributed by atoms with van der Waals surface area (Å²) in [6, 6.07) is 1.44. The van der Waals surface area contributed by atoms with E-state index < -0.39 is 48.4 Å². The molecule has 9 heteroatoms. The van der Waals surface area contributed by atoms with Crippen molar-refractivity contribution in [2.75, 3.05) is 0 Å². The summed E-state index contributed by atoms with van der Waals surface area (Å²) in [6.45, 7) is 6.88. The molecule has 1 aromatic carbocycles. The van der Waals surface area contributed by atoms with E-state index in [0.29, 0.717) is 6.08 Å². The minimum absolute atomic E-state index is 0.367. The van der Waals surface area contributed by atoms with Gasteiger partial charge in [0.2, 0.25) is 0 Å². The van der Waals surface area contributed by atoms with Crippen LogP contribution >= 0.6 is 0 Å². The first-order valence-electron chi connectivity index (χ1n) is 7.02. The lowest BCUT2D eigenvalue weighted by molar-refractivity contribution is 0.00578. The Morgan fingerprint density at radius 2 is 1.52 bits per heavy atom. The second kappa shape index (κ2) is 5.98. The summed E-state index contributed by atoms with van der Waals surface area (Å²) in [5.74, 6) is -2.25. The maximum absolute atomic E-state index is 14.3. The fourth-order valence-corrected chi connectivity index (χ4v) is 2.05. The fraction of sp³-hybridized carbons (Fsp3) is 0.429. The van der Waals surface area contributed by atoms with Gasteiger partial charge in [0.25, 0.3) is 0 Å². The minimum Gasteiger partial charge on any atom is -0.423 e. The quantitative estimate of drug-likeness (QED) is 0.828. The molecule has 4 nitrogen and oxygen atoms in total. The van der Waals surface area contributed by atoms with Crippen molar-refractivity contribution in [3.05, 3.63) is 35.1 Å². The molecule has 2 N–H and O–H groups in total. The predicted octanol–water partition coefficient (Wildman–Crippen LogP) is 1.59. The van der Waals surface area contributed by atoms with E-state index in [4.69, 9.17) is 19.4 Å². The normalized spacial score (nSPS) is 20.0. The van der Waals surface area contributed by atoms with E-state index in [2.05, 4.69) is 0 Å². The van der Waals surface area contributed by atoms with Crippen molar-refractivity contribution in [3.63, 3.8) is 0 Å². The van der Waals surface area contributed by atoms with Gasteiger partial charge in [-0.2, -0.15) is 0 Å². The second-order valence-corrected chi connectivity index (χ2v) is 6.39. The lowest BCUT2D eigenvalue weighted by Crippen LogP contribution is -2.41. The standard InChI is InChI=1S/C14H17B2F3O4/c1-13(2)14(3,4)23-16(22-13)12(19)7-9-10(17)5-8(15(20)21)6-11(9)18/h5-7,20-21H,1-4H3. The van der Waals surface area contributed by atoms with E-state index in [-0.39, 0.29) is 5.46 Å². The first-order valence-corrected chi connectivity index (χ1v) is 7.02. The average molecular weight is 328 g/mol. The van der Waals surface area contributed by atoms with Gasteiger partial charge in [-0.1, -0.05) is 0 Å². The third-order valence-electron chi connectivity index (χ3n) is 4.16. The first kappa shape index (κ1) is 18.1. The van der Waals surface area contributed by atoms with Gasteiger partial charge in [0, 0.05) is 5.56 Å². The van der Waals surface area contributed by atoms with Crippen LogP contribution in [-0.4, -0.2) is 35.5 Å². The van der Waals surface area contributed by atoms with Crippen LogP contribution in [-0.2, 0) is 9.31 Å². The van der Waals surface area contributed by atoms with E-state index in [9.17, 15) is 13.2 Å². The number of halogens is 3. The van der Waals surface area contributed by atoms with Crippen molar-refractivity contribution in [2.45, 2.75) is 38.9 Å². The highest BCUT2D eigenvalue weighted by atomic mass is 19.1. The largest absolute Gasteiger partial charge is 0.525 e. The van der Waals surface area contributed by atoms with Gasteiger partial charge < -0.3 is 19.4 Å². The van der Waals surface area contributed by atoms with Crippen LogP contribution in [0.15, 0.2) is 17.9 Å². The smallest absolute Gasteiger partial charge is 0.423 e. The summed E-state index contributed by atoms with van der Waals surface area (Å²) >= 11 is 0. The van der Waals surface area contributed by atoms with Gasteiger partial charge in [0.15, 0.2) is 0 Å². The molecule has 1 aliphatic heterocycles. The third-order valence-corrected chi connectivity index (χ3v) is 4.16. The molecule has 1 fully saturated rings. The first-order chi connectivity index (χ1) is 10.4. The number of hydrogen-bond donors (Lipinski definition) is 2. The third kappa shape index (κ3) is 3.47. The molecule has 0 spiro atoms. The SMILES string of the molecule is CC1(C)OB(C(F)=Cc2c(F)cc(B(O)O)cc2F)OC1(C)C. The Hall–Kier alpha value is -1.28. The molecular weight excluding hydrogens is 311 g/mol. The van der Waals surface area contributed by atoms with Crippen molar-refractivity contribution in [2.24, 2.45) is 0 Å². The van der Waals surface area contributed by atoms with E-state index in [1.165, 1.54) is 0 Å². The van der Waals surface area contributed by atoms with Crippen LogP contribution in [0.4, 0.5) is 13.2 Å². The molecule has 1 saturated heterocycles. The predicted molar refractivity (Wildman–Crippen MR) is 81.4 cm³/mol. The summed E-state index contributed by atoms with van der Waals surface area (Å²) in [4.78, 5) is 0. The molecule has 0 aliphatic carbocycles. The van der Waals surface area contributed by atoms with Gasteiger partial charge in [0.1, 0.15) is 17.4 Å². The Morgan fingerprint density at radius 3 is 1.91 bits per heavy atom. The zero-order valence-electron chi connectivity index (χ0n) is 13.2. The van der Waals surface area contributed by atoms with Crippen molar-refractivity contribution in [3.8, 4) is 0 Å². The summed E-state index contributed by atoms with van der Waals surface area (Å²) in [6.07, 6.45) is 0.639. The molecule has 23 heavy (non-hydrogen) atoms. The van der Waals surface area contributed by atoms with E-state index in [1.807, 2.05) is 0 Å². The van der Waals surface area contributed by atoms with Gasteiger partial charge in [-0.3, -0.25) is 0 Å². The molecule has 124 valence electrons. The van der Waals surface area contributed by atoms with Crippen LogP contribution in [0.1, 0.15) is 33.3 Å². The van der Waals surface area contributed by atoms with Gasteiger partial charge in [-0.15, -0.1) is 0 Å². The molecule has 0 aromatic heterocycles. The van der Waals surface area contributed by atoms with Crippen LogP contribution in [0.25, 0.3) is 6.08 Å². The van der Waals surface area contributed by atoms with Gasteiger partial charge >= 0.3 is 14.2 Å². The molecule has 0 atom stereocenters. The molecule has 0 amide bonds. The minimum atomic E-state index is -2.02. The highest BCUT2D eigenvalue weighted by molar-refractivity contribution is 6.58. The summed E-state index contributed by atoms with van der Waals surface area (Å²) in [7, 11) is -3.40. The highest BCUT2D eigenvalue weighted by Crippen LogP contribution is 2.39.